The third-order valence-corrected chi connectivity index (χ3v) is 2.39. The second-order valence-corrected chi connectivity index (χ2v) is 3.67. The van der Waals surface area contributed by atoms with Gasteiger partial charge in [-0.3, -0.25) is 0 Å². The van der Waals surface area contributed by atoms with Crippen molar-refractivity contribution in [1.29, 1.82) is 0 Å². The number of hydrogen-bond donors (Lipinski definition) is 1. The van der Waals surface area contributed by atoms with Gasteiger partial charge in [-0.2, -0.15) is 0 Å². The van der Waals surface area contributed by atoms with Gasteiger partial charge in [-0.15, -0.1) is 0 Å². The maximum atomic E-state index is 9.75. The Hall–Kier alpha value is -1.12. The van der Waals surface area contributed by atoms with E-state index in [2.05, 4.69) is 6.92 Å². The molecule has 1 aromatic rings. The normalized spacial score (nSPS) is 10.6. The largest absolute Gasteiger partial charge is 0.502 e. The van der Waals surface area contributed by atoms with Crippen molar-refractivity contribution in [3.63, 3.8) is 0 Å². The van der Waals surface area contributed by atoms with Gasteiger partial charge in [-0.25, -0.2) is 0 Å². The van der Waals surface area contributed by atoms with Crippen molar-refractivity contribution in [1.82, 2.24) is 0 Å². The van der Waals surface area contributed by atoms with Gasteiger partial charge in [0.1, 0.15) is 11.5 Å². The van der Waals surface area contributed by atoms with Gasteiger partial charge >= 0.3 is 0 Å². The predicted molar refractivity (Wildman–Crippen MR) is 59.5 cm³/mol. The molecule has 0 amide bonds. The van der Waals surface area contributed by atoms with Crippen molar-refractivity contribution in [3.8, 4) is 11.5 Å². The van der Waals surface area contributed by atoms with Crippen LogP contribution in [0.5, 0.6) is 11.5 Å². The van der Waals surface area contributed by atoms with Crippen LogP contribution in [-0.4, -0.2) is 11.7 Å². The Labute approximate surface area is 91.1 Å². The maximum absolute atomic E-state index is 9.75. The van der Waals surface area contributed by atoms with Gasteiger partial charge in [0.25, 0.3) is 0 Å². The molecule has 1 rings (SSSR count). The fourth-order valence-corrected chi connectivity index (χ4v) is 1.51. The Kier molecular flexibility index (Phi) is 4.53. The molecule has 0 unspecified atom stereocenters. The second-order valence-electron chi connectivity index (χ2n) is 3.67. The summed E-state index contributed by atoms with van der Waals surface area (Å²) in [5.74, 6) is 1.97. The molecule has 3 heteroatoms. The van der Waals surface area contributed by atoms with Crippen molar-refractivity contribution >= 4 is 0 Å². The third-order valence-electron chi connectivity index (χ3n) is 2.39. The van der Waals surface area contributed by atoms with Crippen LogP contribution in [0.1, 0.15) is 44.6 Å². The fraction of sp³-hybridized carbons (Fsp3) is 0.667. The Morgan fingerprint density at radius 1 is 1.27 bits per heavy atom. The monoisotopic (exact) mass is 212 g/mol. The summed E-state index contributed by atoms with van der Waals surface area (Å²) in [6.45, 7) is 6.55. The summed E-state index contributed by atoms with van der Waals surface area (Å²) in [6, 6.07) is 0. The van der Waals surface area contributed by atoms with E-state index in [-0.39, 0.29) is 5.75 Å². The van der Waals surface area contributed by atoms with E-state index in [1.165, 1.54) is 6.42 Å². The van der Waals surface area contributed by atoms with Crippen molar-refractivity contribution in [2.24, 2.45) is 0 Å². The number of unbranched alkanes of at least 4 members (excludes halogenated alkanes) is 2. The zero-order valence-electron chi connectivity index (χ0n) is 9.80. The number of ether oxygens (including phenoxy) is 1. The van der Waals surface area contributed by atoms with Crippen LogP contribution >= 0.6 is 0 Å². The molecule has 86 valence electrons. The minimum Gasteiger partial charge on any atom is -0.502 e. The Balaban J connectivity index is 2.56. The molecule has 0 aliphatic rings. The number of furan rings is 1. The average Bonchev–Trinajstić information content (AvgIpc) is 2.50. The molecule has 0 aliphatic heterocycles. The molecule has 0 fully saturated rings. The van der Waals surface area contributed by atoms with Crippen molar-refractivity contribution in [3.05, 3.63) is 11.5 Å². The Morgan fingerprint density at radius 2 is 2.00 bits per heavy atom. The average molecular weight is 212 g/mol. The van der Waals surface area contributed by atoms with Gasteiger partial charge in [0.15, 0.2) is 0 Å². The van der Waals surface area contributed by atoms with Gasteiger partial charge in [0.05, 0.1) is 6.61 Å². The lowest BCUT2D eigenvalue weighted by Gasteiger charge is -2.04. The summed E-state index contributed by atoms with van der Waals surface area (Å²) in [4.78, 5) is 0. The van der Waals surface area contributed by atoms with E-state index < -0.39 is 0 Å². The van der Waals surface area contributed by atoms with E-state index in [4.69, 9.17) is 9.15 Å². The van der Waals surface area contributed by atoms with Crippen molar-refractivity contribution < 1.29 is 14.3 Å². The second kappa shape index (κ2) is 5.69. The van der Waals surface area contributed by atoms with E-state index >= 15 is 0 Å². The van der Waals surface area contributed by atoms with Gasteiger partial charge in [0, 0.05) is 6.42 Å². The number of rotatable bonds is 6. The summed E-state index contributed by atoms with van der Waals surface area (Å²) in [7, 11) is 0. The van der Waals surface area contributed by atoms with Crippen LogP contribution in [0.2, 0.25) is 0 Å². The standard InChI is InChI=1S/C12H20O3/c1-4-6-7-8-14-12-9(3)15-10(5-2)11(12)13/h13H,4-8H2,1-3H3. The predicted octanol–water partition coefficient (Wildman–Crippen LogP) is 3.43. The molecule has 1 aromatic heterocycles. The molecule has 0 saturated heterocycles. The first kappa shape index (κ1) is 12.0. The molecule has 0 atom stereocenters. The van der Waals surface area contributed by atoms with Crippen LogP contribution in [0, 0.1) is 6.92 Å². The van der Waals surface area contributed by atoms with E-state index in [1.54, 1.807) is 0 Å². The summed E-state index contributed by atoms with van der Waals surface area (Å²) < 4.78 is 10.9. The van der Waals surface area contributed by atoms with Gasteiger partial charge in [-0.05, 0) is 13.3 Å². The first-order chi connectivity index (χ1) is 7.20. The van der Waals surface area contributed by atoms with E-state index in [1.807, 2.05) is 13.8 Å². The van der Waals surface area contributed by atoms with Crippen LogP contribution in [0.3, 0.4) is 0 Å². The molecule has 0 spiro atoms. The fourth-order valence-electron chi connectivity index (χ4n) is 1.51. The lowest BCUT2D eigenvalue weighted by molar-refractivity contribution is 0.287. The number of aromatic hydroxyl groups is 1. The Bertz CT molecular complexity index is 302. The van der Waals surface area contributed by atoms with Crippen molar-refractivity contribution in [2.75, 3.05) is 6.61 Å². The first-order valence-corrected chi connectivity index (χ1v) is 5.64. The smallest absolute Gasteiger partial charge is 0.202 e. The summed E-state index contributed by atoms with van der Waals surface area (Å²) in [5, 5.41) is 9.75. The zero-order chi connectivity index (χ0) is 11.3. The summed E-state index contributed by atoms with van der Waals surface area (Å²) >= 11 is 0. The molecular formula is C12H20O3. The summed E-state index contributed by atoms with van der Waals surface area (Å²) in [5.41, 5.74) is 0. The highest BCUT2D eigenvalue weighted by atomic mass is 16.5. The molecule has 1 heterocycles. The quantitative estimate of drug-likeness (QED) is 0.735. The van der Waals surface area contributed by atoms with E-state index in [9.17, 15) is 5.11 Å². The third kappa shape index (κ3) is 2.91. The minimum absolute atomic E-state index is 0.173. The van der Waals surface area contributed by atoms with Crippen LogP contribution in [0.15, 0.2) is 4.42 Å². The first-order valence-electron chi connectivity index (χ1n) is 5.64. The molecular weight excluding hydrogens is 192 g/mol. The van der Waals surface area contributed by atoms with Gasteiger partial charge in [-0.1, -0.05) is 26.7 Å². The molecule has 0 aromatic carbocycles. The highest BCUT2D eigenvalue weighted by Crippen LogP contribution is 2.36. The van der Waals surface area contributed by atoms with Crippen LogP contribution in [0.4, 0.5) is 0 Å². The van der Waals surface area contributed by atoms with E-state index in [0.717, 1.165) is 12.8 Å². The molecule has 1 N–H and O–H groups in total. The van der Waals surface area contributed by atoms with Gasteiger partial charge in [0.2, 0.25) is 11.5 Å². The lowest BCUT2D eigenvalue weighted by Crippen LogP contribution is -1.97. The topological polar surface area (TPSA) is 42.6 Å². The van der Waals surface area contributed by atoms with Gasteiger partial charge < -0.3 is 14.3 Å². The van der Waals surface area contributed by atoms with Crippen molar-refractivity contribution in [2.45, 2.75) is 46.5 Å². The molecule has 0 aliphatic carbocycles. The minimum atomic E-state index is 0.173. The van der Waals surface area contributed by atoms with Crippen LogP contribution in [0.25, 0.3) is 0 Å². The van der Waals surface area contributed by atoms with Crippen LogP contribution in [-0.2, 0) is 6.42 Å². The zero-order valence-corrected chi connectivity index (χ0v) is 9.80. The SMILES string of the molecule is CCCCCOc1c(C)oc(CC)c1O. The number of aryl methyl sites for hydroxylation is 2. The molecule has 0 saturated carbocycles. The highest BCUT2D eigenvalue weighted by molar-refractivity contribution is 5.44. The summed E-state index contributed by atoms with van der Waals surface area (Å²) in [6.07, 6.45) is 4.02. The molecule has 3 nitrogen and oxygen atoms in total. The lowest BCUT2D eigenvalue weighted by atomic mass is 10.3. The van der Waals surface area contributed by atoms with E-state index in [0.29, 0.717) is 30.3 Å². The maximum Gasteiger partial charge on any atom is 0.202 e. The molecule has 0 bridgehead atoms. The number of hydrogen-bond acceptors (Lipinski definition) is 3. The highest BCUT2D eigenvalue weighted by Gasteiger charge is 2.16. The van der Waals surface area contributed by atoms with Crippen LogP contribution < -0.4 is 4.74 Å². The Morgan fingerprint density at radius 3 is 2.53 bits per heavy atom. The molecule has 15 heavy (non-hydrogen) atoms. The molecule has 0 radical (unpaired) electrons.